The summed E-state index contributed by atoms with van der Waals surface area (Å²) in [4.78, 5) is 19.9. The number of nitrogens with zero attached hydrogens (tertiary/aromatic N) is 3. The average Bonchev–Trinajstić information content (AvgIpc) is 2.77. The van der Waals surface area contributed by atoms with Crippen LogP contribution < -0.4 is 5.56 Å². The van der Waals surface area contributed by atoms with Crippen LogP contribution in [0.15, 0.2) is 16.2 Å². The van der Waals surface area contributed by atoms with Gasteiger partial charge in [0, 0.05) is 29.7 Å². The van der Waals surface area contributed by atoms with Crippen LogP contribution in [-0.2, 0) is 6.54 Å². The molecule has 2 aromatic rings. The van der Waals surface area contributed by atoms with Gasteiger partial charge in [0.1, 0.15) is 0 Å². The van der Waals surface area contributed by atoms with E-state index in [0.29, 0.717) is 12.0 Å². The molecule has 2 rings (SSSR count). The Morgan fingerprint density at radius 2 is 2.10 bits per heavy atom. The van der Waals surface area contributed by atoms with Crippen molar-refractivity contribution >= 4 is 16.3 Å². The molecule has 4 nitrogen and oxygen atoms in total. The molecule has 0 aliphatic heterocycles. The maximum absolute atomic E-state index is 12.2. The average molecular weight is 293 g/mol. The molecule has 0 saturated carbocycles. The molecular formula is C15H23N3OS. The van der Waals surface area contributed by atoms with E-state index in [1.807, 2.05) is 12.3 Å². The van der Waals surface area contributed by atoms with E-state index in [4.69, 9.17) is 0 Å². The highest BCUT2D eigenvalue weighted by molar-refractivity contribution is 7.15. The van der Waals surface area contributed by atoms with Crippen LogP contribution in [0.5, 0.6) is 0 Å². The standard InChI is InChI=1S/C15H23N3OS/c1-6-17(12(5)10(2)3)8-13-7-14(19)18-11(4)9-20-15(18)16-13/h7,9-10,12H,6,8H2,1-5H3. The van der Waals surface area contributed by atoms with Crippen molar-refractivity contribution in [3.8, 4) is 0 Å². The highest BCUT2D eigenvalue weighted by Crippen LogP contribution is 2.15. The van der Waals surface area contributed by atoms with E-state index in [9.17, 15) is 4.79 Å². The molecule has 2 heterocycles. The lowest BCUT2D eigenvalue weighted by atomic mass is 10.0. The first kappa shape index (κ1) is 15.2. The lowest BCUT2D eigenvalue weighted by molar-refractivity contribution is 0.167. The highest BCUT2D eigenvalue weighted by atomic mass is 32.1. The number of aromatic nitrogens is 2. The van der Waals surface area contributed by atoms with Crippen LogP contribution in [0.1, 0.15) is 39.1 Å². The monoisotopic (exact) mass is 293 g/mol. The third-order valence-corrected chi connectivity index (χ3v) is 4.88. The fraction of sp³-hybridized carbons (Fsp3) is 0.600. The zero-order valence-electron chi connectivity index (χ0n) is 12.9. The lowest BCUT2D eigenvalue weighted by Gasteiger charge is -2.30. The van der Waals surface area contributed by atoms with Gasteiger partial charge in [-0.2, -0.15) is 0 Å². The van der Waals surface area contributed by atoms with Crippen molar-refractivity contribution in [3.05, 3.63) is 33.2 Å². The summed E-state index contributed by atoms with van der Waals surface area (Å²) in [7, 11) is 0. The largest absolute Gasteiger partial charge is 0.295 e. The number of hydrogen-bond donors (Lipinski definition) is 0. The fourth-order valence-corrected chi connectivity index (χ4v) is 3.25. The summed E-state index contributed by atoms with van der Waals surface area (Å²) in [5, 5.41) is 1.97. The van der Waals surface area contributed by atoms with Gasteiger partial charge in [-0.3, -0.25) is 14.1 Å². The van der Waals surface area contributed by atoms with Crippen molar-refractivity contribution in [1.29, 1.82) is 0 Å². The molecule has 0 N–H and O–H groups in total. The fourth-order valence-electron chi connectivity index (χ4n) is 2.36. The van der Waals surface area contributed by atoms with Crippen molar-refractivity contribution in [2.75, 3.05) is 6.54 Å². The summed E-state index contributed by atoms with van der Waals surface area (Å²) in [5.41, 5.74) is 1.85. The van der Waals surface area contributed by atoms with Gasteiger partial charge < -0.3 is 0 Å². The molecule has 20 heavy (non-hydrogen) atoms. The summed E-state index contributed by atoms with van der Waals surface area (Å²) in [6, 6.07) is 2.15. The summed E-state index contributed by atoms with van der Waals surface area (Å²) >= 11 is 1.52. The molecule has 2 aromatic heterocycles. The first-order chi connectivity index (χ1) is 9.43. The third-order valence-electron chi connectivity index (χ3n) is 3.94. The molecule has 0 amide bonds. The van der Waals surface area contributed by atoms with E-state index >= 15 is 0 Å². The van der Waals surface area contributed by atoms with Gasteiger partial charge in [0.05, 0.1) is 5.69 Å². The Morgan fingerprint density at radius 3 is 2.70 bits per heavy atom. The zero-order chi connectivity index (χ0) is 14.9. The second-order valence-electron chi connectivity index (χ2n) is 5.63. The molecule has 0 saturated heterocycles. The van der Waals surface area contributed by atoms with Crippen LogP contribution >= 0.6 is 11.3 Å². The predicted molar refractivity (Wildman–Crippen MR) is 84.5 cm³/mol. The topological polar surface area (TPSA) is 37.6 Å². The van der Waals surface area contributed by atoms with Crippen molar-refractivity contribution in [3.63, 3.8) is 0 Å². The minimum atomic E-state index is 0.0250. The van der Waals surface area contributed by atoms with Gasteiger partial charge in [-0.15, -0.1) is 11.3 Å². The Morgan fingerprint density at radius 1 is 1.40 bits per heavy atom. The Bertz CT molecular complexity index is 644. The van der Waals surface area contributed by atoms with Crippen LogP contribution in [-0.4, -0.2) is 26.9 Å². The molecule has 0 aliphatic carbocycles. The smallest absolute Gasteiger partial charge is 0.259 e. The SMILES string of the molecule is CCN(Cc1cc(=O)n2c(C)csc2n1)C(C)C(C)C. The molecule has 0 bridgehead atoms. The third kappa shape index (κ3) is 2.94. The van der Waals surface area contributed by atoms with Crippen molar-refractivity contribution in [2.24, 2.45) is 5.92 Å². The van der Waals surface area contributed by atoms with E-state index in [1.54, 1.807) is 10.5 Å². The Kier molecular flexibility index (Phi) is 4.60. The van der Waals surface area contributed by atoms with Crippen molar-refractivity contribution in [1.82, 2.24) is 14.3 Å². The van der Waals surface area contributed by atoms with Gasteiger partial charge in [0.25, 0.3) is 5.56 Å². The minimum absolute atomic E-state index is 0.0250. The van der Waals surface area contributed by atoms with E-state index < -0.39 is 0 Å². The Labute approximate surface area is 124 Å². The molecular weight excluding hydrogens is 270 g/mol. The van der Waals surface area contributed by atoms with E-state index in [-0.39, 0.29) is 5.56 Å². The number of aryl methyl sites for hydroxylation is 1. The molecule has 1 atom stereocenters. The molecule has 0 fully saturated rings. The van der Waals surface area contributed by atoms with Gasteiger partial charge in [0.15, 0.2) is 4.96 Å². The number of fused-ring (bicyclic) bond motifs is 1. The zero-order valence-corrected chi connectivity index (χ0v) is 13.7. The minimum Gasteiger partial charge on any atom is -0.295 e. The molecule has 0 aliphatic rings. The first-order valence-corrected chi connectivity index (χ1v) is 8.02. The second kappa shape index (κ2) is 6.06. The molecule has 0 radical (unpaired) electrons. The molecule has 5 heteroatoms. The predicted octanol–water partition coefficient (Wildman–Crippen LogP) is 2.93. The highest BCUT2D eigenvalue weighted by Gasteiger charge is 2.17. The van der Waals surface area contributed by atoms with Gasteiger partial charge in [-0.05, 0) is 26.3 Å². The normalized spacial score (nSPS) is 13.6. The summed E-state index contributed by atoms with van der Waals surface area (Å²) < 4.78 is 1.68. The van der Waals surface area contributed by atoms with Gasteiger partial charge in [0.2, 0.25) is 0 Å². The van der Waals surface area contributed by atoms with Crippen LogP contribution in [0.2, 0.25) is 0 Å². The quantitative estimate of drug-likeness (QED) is 0.850. The van der Waals surface area contributed by atoms with Gasteiger partial charge in [-0.1, -0.05) is 20.8 Å². The molecule has 0 aromatic carbocycles. The van der Waals surface area contributed by atoms with Crippen molar-refractivity contribution < 1.29 is 0 Å². The Balaban J connectivity index is 2.31. The molecule has 110 valence electrons. The van der Waals surface area contributed by atoms with Crippen LogP contribution in [0.3, 0.4) is 0 Å². The van der Waals surface area contributed by atoms with Crippen LogP contribution in [0, 0.1) is 12.8 Å². The number of thiazole rings is 1. The Hall–Kier alpha value is -1.20. The number of rotatable bonds is 5. The molecule has 1 unspecified atom stereocenters. The second-order valence-corrected chi connectivity index (χ2v) is 6.47. The van der Waals surface area contributed by atoms with Gasteiger partial charge >= 0.3 is 0 Å². The van der Waals surface area contributed by atoms with E-state index in [2.05, 4.69) is 37.6 Å². The van der Waals surface area contributed by atoms with E-state index in [0.717, 1.165) is 29.4 Å². The van der Waals surface area contributed by atoms with E-state index in [1.165, 1.54) is 11.3 Å². The summed E-state index contributed by atoms with van der Waals surface area (Å²) in [5.74, 6) is 0.587. The van der Waals surface area contributed by atoms with Crippen LogP contribution in [0.4, 0.5) is 0 Å². The molecule has 0 spiro atoms. The summed E-state index contributed by atoms with van der Waals surface area (Å²) in [6.07, 6.45) is 0. The first-order valence-electron chi connectivity index (χ1n) is 7.14. The summed E-state index contributed by atoms with van der Waals surface area (Å²) in [6.45, 7) is 12.5. The van der Waals surface area contributed by atoms with Gasteiger partial charge in [-0.25, -0.2) is 4.98 Å². The number of hydrogen-bond acceptors (Lipinski definition) is 4. The maximum atomic E-state index is 12.2. The lowest BCUT2D eigenvalue weighted by Crippen LogP contribution is -2.36. The maximum Gasteiger partial charge on any atom is 0.259 e. The van der Waals surface area contributed by atoms with Crippen molar-refractivity contribution in [2.45, 2.75) is 47.2 Å². The van der Waals surface area contributed by atoms with Crippen LogP contribution in [0.25, 0.3) is 4.96 Å².